The van der Waals surface area contributed by atoms with E-state index in [1.165, 1.54) is 26.4 Å². The number of alkyl carbamates (subject to hydrolysis) is 1. The van der Waals surface area contributed by atoms with E-state index in [1.54, 1.807) is 11.9 Å². The molecule has 1 saturated carbocycles. The van der Waals surface area contributed by atoms with Crippen LogP contribution in [0.15, 0.2) is 18.2 Å². The van der Waals surface area contributed by atoms with Crippen molar-refractivity contribution in [2.24, 2.45) is 5.92 Å². The van der Waals surface area contributed by atoms with Crippen LogP contribution >= 0.6 is 11.6 Å². The second-order valence-corrected chi connectivity index (χ2v) is 13.8. The van der Waals surface area contributed by atoms with Crippen molar-refractivity contribution >= 4 is 35.5 Å². The number of aryl methyl sites for hydroxylation is 1. The highest BCUT2D eigenvalue weighted by Gasteiger charge is 2.31. The SMILES string of the molecule is COC(=O)NCCCN(c1cc(Cl)ccc1C)C1CCCN(C(=O)N[C@@H](CC2CCCCC2)CN(C)C(=O)OC(C)(C)C)C1. The molecule has 4 amide bonds. The Morgan fingerprint density at radius 1 is 1.11 bits per heavy atom. The lowest BCUT2D eigenvalue weighted by molar-refractivity contribution is 0.0277. The van der Waals surface area contributed by atoms with Gasteiger partial charge < -0.3 is 34.8 Å². The van der Waals surface area contributed by atoms with Crippen molar-refractivity contribution in [1.82, 2.24) is 20.4 Å². The molecule has 2 aliphatic rings. The number of carbonyl (C=O) groups is 3. The van der Waals surface area contributed by atoms with Gasteiger partial charge in [0.1, 0.15) is 5.60 Å². The summed E-state index contributed by atoms with van der Waals surface area (Å²) in [5.41, 5.74) is 1.56. The van der Waals surface area contributed by atoms with Gasteiger partial charge in [0.25, 0.3) is 0 Å². The molecule has 3 rings (SSSR count). The smallest absolute Gasteiger partial charge is 0.410 e. The zero-order valence-corrected chi connectivity index (χ0v) is 28.4. The Labute approximate surface area is 269 Å². The van der Waals surface area contributed by atoms with Gasteiger partial charge in [-0.2, -0.15) is 0 Å². The number of rotatable bonds is 11. The number of carbonyl (C=O) groups excluding carboxylic acids is 3. The monoisotopic (exact) mass is 635 g/mol. The summed E-state index contributed by atoms with van der Waals surface area (Å²) in [6.07, 6.45) is 8.56. The standard InChI is InChI=1S/C33H54ClN5O5/c1-24-15-16-26(34)21-29(24)39(19-11-17-35-31(41)43-6)28-14-10-18-38(23-28)30(40)36-27(20-25-12-8-7-9-13-25)22-37(5)32(42)44-33(2,3)4/h15-16,21,25,27-28H,7-14,17-20,22-23H2,1-6H3,(H,35,41)(H,36,40)/t27-,28?/m0/s1. The molecule has 0 aromatic heterocycles. The van der Waals surface area contributed by atoms with E-state index in [-0.39, 0.29) is 24.2 Å². The van der Waals surface area contributed by atoms with Crippen molar-refractivity contribution in [3.05, 3.63) is 28.8 Å². The number of likely N-dealkylation sites (N-methyl/N-ethyl adjacent to an activating group) is 1. The fourth-order valence-corrected chi connectivity index (χ4v) is 6.48. The van der Waals surface area contributed by atoms with Crippen LogP contribution in [-0.2, 0) is 9.47 Å². The Bertz CT molecular complexity index is 1090. The van der Waals surface area contributed by atoms with Crippen LogP contribution in [0.4, 0.5) is 20.1 Å². The quantitative estimate of drug-likeness (QED) is 0.266. The number of likely N-dealkylation sites (tertiary alicyclic amines) is 1. The van der Waals surface area contributed by atoms with E-state index < -0.39 is 11.7 Å². The zero-order chi connectivity index (χ0) is 32.3. The molecule has 1 aliphatic carbocycles. The van der Waals surface area contributed by atoms with Crippen molar-refractivity contribution in [2.45, 2.75) is 103 Å². The van der Waals surface area contributed by atoms with Crippen LogP contribution in [0.25, 0.3) is 0 Å². The number of ether oxygens (including phenoxy) is 2. The molecule has 0 spiro atoms. The molecule has 0 bridgehead atoms. The molecule has 11 heteroatoms. The Kier molecular flexibility index (Phi) is 13.7. The summed E-state index contributed by atoms with van der Waals surface area (Å²) in [5.74, 6) is 0.537. The lowest BCUT2D eigenvalue weighted by Gasteiger charge is -2.42. The molecule has 1 aromatic carbocycles. The molecular weight excluding hydrogens is 582 g/mol. The predicted octanol–water partition coefficient (Wildman–Crippen LogP) is 6.58. The second-order valence-electron chi connectivity index (χ2n) is 13.4. The third-order valence-corrected chi connectivity index (χ3v) is 8.74. The summed E-state index contributed by atoms with van der Waals surface area (Å²) in [7, 11) is 3.10. The Morgan fingerprint density at radius 3 is 2.52 bits per heavy atom. The minimum Gasteiger partial charge on any atom is -0.453 e. The molecule has 10 nitrogen and oxygen atoms in total. The lowest BCUT2D eigenvalue weighted by atomic mass is 9.84. The molecule has 44 heavy (non-hydrogen) atoms. The van der Waals surface area contributed by atoms with Gasteiger partial charge in [-0.3, -0.25) is 0 Å². The number of benzene rings is 1. The predicted molar refractivity (Wildman–Crippen MR) is 176 cm³/mol. The molecule has 1 aromatic rings. The maximum atomic E-state index is 13.8. The van der Waals surface area contributed by atoms with Gasteiger partial charge >= 0.3 is 18.2 Å². The van der Waals surface area contributed by atoms with Gasteiger partial charge in [0.05, 0.1) is 7.11 Å². The fraction of sp³-hybridized carbons (Fsp3) is 0.727. The van der Waals surface area contributed by atoms with E-state index in [1.807, 2.05) is 43.9 Å². The number of urea groups is 1. The van der Waals surface area contributed by atoms with Crippen molar-refractivity contribution in [3.63, 3.8) is 0 Å². The van der Waals surface area contributed by atoms with E-state index in [9.17, 15) is 14.4 Å². The number of anilines is 1. The number of halogens is 1. The van der Waals surface area contributed by atoms with Gasteiger partial charge in [0.15, 0.2) is 0 Å². The highest BCUT2D eigenvalue weighted by atomic mass is 35.5. The zero-order valence-electron chi connectivity index (χ0n) is 27.6. The second kappa shape index (κ2) is 17.0. The highest BCUT2D eigenvalue weighted by Crippen LogP contribution is 2.30. The summed E-state index contributed by atoms with van der Waals surface area (Å²) in [6.45, 7) is 10.5. The maximum absolute atomic E-state index is 13.8. The van der Waals surface area contributed by atoms with E-state index in [0.29, 0.717) is 50.1 Å². The Balaban J connectivity index is 1.72. The van der Waals surface area contributed by atoms with Gasteiger partial charge in [-0.05, 0) is 77.0 Å². The topological polar surface area (TPSA) is 103 Å². The fourth-order valence-electron chi connectivity index (χ4n) is 6.31. The summed E-state index contributed by atoms with van der Waals surface area (Å²) in [4.78, 5) is 44.0. The number of methoxy groups -OCH3 is 1. The first kappa shape index (κ1) is 35.6. The van der Waals surface area contributed by atoms with Crippen LogP contribution in [0.2, 0.25) is 5.02 Å². The van der Waals surface area contributed by atoms with Gasteiger partial charge in [0, 0.05) is 62.6 Å². The van der Waals surface area contributed by atoms with Crippen molar-refractivity contribution in [1.29, 1.82) is 0 Å². The highest BCUT2D eigenvalue weighted by molar-refractivity contribution is 6.30. The molecule has 1 heterocycles. The summed E-state index contributed by atoms with van der Waals surface area (Å²) >= 11 is 6.43. The molecule has 2 N–H and O–H groups in total. The third-order valence-electron chi connectivity index (χ3n) is 8.51. The molecule has 2 atom stereocenters. The third kappa shape index (κ3) is 11.6. The minimum absolute atomic E-state index is 0.0889. The van der Waals surface area contributed by atoms with Crippen molar-refractivity contribution in [2.75, 3.05) is 51.8 Å². The van der Waals surface area contributed by atoms with Crippen molar-refractivity contribution in [3.8, 4) is 0 Å². The van der Waals surface area contributed by atoms with E-state index in [2.05, 4.69) is 22.5 Å². The van der Waals surface area contributed by atoms with E-state index in [4.69, 9.17) is 21.1 Å². The average Bonchev–Trinajstić information content (AvgIpc) is 2.98. The van der Waals surface area contributed by atoms with Gasteiger partial charge in [-0.15, -0.1) is 0 Å². The number of nitrogens with one attached hydrogen (secondary N) is 2. The molecule has 2 fully saturated rings. The Hall–Kier alpha value is -2.88. The van der Waals surface area contributed by atoms with Crippen LogP contribution in [0.1, 0.15) is 84.1 Å². The first-order chi connectivity index (χ1) is 20.9. The van der Waals surface area contributed by atoms with Crippen LogP contribution in [0.5, 0.6) is 0 Å². The maximum Gasteiger partial charge on any atom is 0.410 e. The van der Waals surface area contributed by atoms with Crippen molar-refractivity contribution < 1.29 is 23.9 Å². The molecule has 1 unspecified atom stereocenters. The normalized spacial score (nSPS) is 18.2. The number of hydrogen-bond donors (Lipinski definition) is 2. The van der Waals surface area contributed by atoms with E-state index in [0.717, 1.165) is 43.4 Å². The van der Waals surface area contributed by atoms with Crippen LogP contribution in [0.3, 0.4) is 0 Å². The number of amides is 4. The minimum atomic E-state index is -0.584. The first-order valence-corrected chi connectivity index (χ1v) is 16.6. The molecular formula is C33H54ClN5O5. The molecule has 1 saturated heterocycles. The largest absolute Gasteiger partial charge is 0.453 e. The summed E-state index contributed by atoms with van der Waals surface area (Å²) in [6, 6.07) is 5.71. The van der Waals surface area contributed by atoms with Crippen LogP contribution in [0, 0.1) is 12.8 Å². The first-order valence-electron chi connectivity index (χ1n) is 16.2. The average molecular weight is 636 g/mol. The number of piperidine rings is 1. The molecule has 1 aliphatic heterocycles. The van der Waals surface area contributed by atoms with Crippen LogP contribution < -0.4 is 15.5 Å². The summed E-state index contributed by atoms with van der Waals surface area (Å²) < 4.78 is 10.3. The molecule has 0 radical (unpaired) electrons. The van der Waals surface area contributed by atoms with Gasteiger partial charge in [-0.25, -0.2) is 14.4 Å². The summed E-state index contributed by atoms with van der Waals surface area (Å²) in [5, 5.41) is 6.73. The number of hydrogen-bond acceptors (Lipinski definition) is 6. The van der Waals surface area contributed by atoms with E-state index >= 15 is 0 Å². The lowest BCUT2D eigenvalue weighted by Crippen LogP contribution is -2.56. The van der Waals surface area contributed by atoms with Gasteiger partial charge in [-0.1, -0.05) is 49.8 Å². The van der Waals surface area contributed by atoms with Crippen LogP contribution in [-0.4, -0.2) is 92.6 Å². The Morgan fingerprint density at radius 2 is 1.84 bits per heavy atom. The number of nitrogens with zero attached hydrogens (tertiary/aromatic N) is 3. The molecule has 248 valence electrons. The van der Waals surface area contributed by atoms with Gasteiger partial charge in [0.2, 0.25) is 0 Å².